The monoisotopic (exact) mass is 304 g/mol. The second kappa shape index (κ2) is 5.49. The van der Waals surface area contributed by atoms with Crippen molar-refractivity contribution in [3.8, 4) is 0 Å². The highest BCUT2D eigenvalue weighted by molar-refractivity contribution is 5.35. The predicted molar refractivity (Wildman–Crippen MR) is 90.1 cm³/mol. The summed E-state index contributed by atoms with van der Waals surface area (Å²) in [4.78, 5) is 0. The second-order valence-corrected chi connectivity index (χ2v) is 8.70. The number of hydrogen-bond acceptors (Lipinski definition) is 2. The lowest BCUT2D eigenvalue weighted by atomic mass is 9.46. The highest BCUT2D eigenvalue weighted by Gasteiger charge is 2.56. The molecule has 0 amide bonds. The van der Waals surface area contributed by atoms with E-state index in [2.05, 4.69) is 39.8 Å². The van der Waals surface area contributed by atoms with E-state index in [-0.39, 0.29) is 10.8 Å². The summed E-state index contributed by atoms with van der Waals surface area (Å²) in [7, 11) is 0. The molecule has 0 aromatic carbocycles. The van der Waals surface area contributed by atoms with E-state index in [1.54, 1.807) is 5.57 Å². The molecule has 1 saturated carbocycles. The molecule has 4 atom stereocenters. The zero-order valence-corrected chi connectivity index (χ0v) is 14.6. The fourth-order valence-corrected chi connectivity index (χ4v) is 5.70. The topological polar surface area (TPSA) is 40.5 Å². The van der Waals surface area contributed by atoms with Gasteiger partial charge in [-0.15, -0.1) is 0 Å². The Hall–Kier alpha value is -0.600. The van der Waals surface area contributed by atoms with Crippen LogP contribution in [0.5, 0.6) is 0 Å². The van der Waals surface area contributed by atoms with Crippen molar-refractivity contribution in [3.63, 3.8) is 0 Å². The fourth-order valence-electron chi connectivity index (χ4n) is 5.70. The summed E-state index contributed by atoms with van der Waals surface area (Å²) in [5.74, 6) is 1.63. The van der Waals surface area contributed by atoms with Gasteiger partial charge in [-0.3, -0.25) is 0 Å². The molecular formula is C20H32O2. The number of hydrogen-bond donors (Lipinski definition) is 2. The molecule has 0 spiro atoms. The minimum absolute atomic E-state index is 0.222. The minimum atomic E-state index is -1.20. The number of allylic oxidation sites excluding steroid dienone is 4. The maximum Gasteiger partial charge on any atom is 0.157 e. The van der Waals surface area contributed by atoms with Gasteiger partial charge in [-0.05, 0) is 60.8 Å². The molecule has 2 heteroatoms. The van der Waals surface area contributed by atoms with E-state index in [0.29, 0.717) is 17.8 Å². The summed E-state index contributed by atoms with van der Waals surface area (Å²) in [6.45, 7) is 9.10. The Morgan fingerprint density at radius 2 is 1.91 bits per heavy atom. The van der Waals surface area contributed by atoms with Gasteiger partial charge in [0.05, 0.1) is 0 Å². The molecule has 0 bridgehead atoms. The van der Waals surface area contributed by atoms with Crippen LogP contribution in [-0.4, -0.2) is 16.5 Å². The minimum Gasteiger partial charge on any atom is -0.368 e. The standard InChI is InChI=1S/C20H32O2/c1-13(2)14-6-8-16-15(12-14)7-9-17-19(16,3)10-5-11-20(17,4)18(21)22/h7,12-13,16-18,21-22H,5-6,8-11H2,1-4H3/t16-,17+,19+,20+/m0/s1. The molecule has 3 aliphatic rings. The first-order valence-electron chi connectivity index (χ1n) is 9.05. The van der Waals surface area contributed by atoms with Crippen molar-refractivity contribution in [2.75, 3.05) is 0 Å². The van der Waals surface area contributed by atoms with E-state index in [0.717, 1.165) is 19.3 Å². The largest absolute Gasteiger partial charge is 0.368 e. The molecule has 0 aromatic heterocycles. The van der Waals surface area contributed by atoms with Gasteiger partial charge in [-0.1, -0.05) is 51.8 Å². The molecule has 3 rings (SSSR count). The van der Waals surface area contributed by atoms with Crippen molar-refractivity contribution in [2.24, 2.45) is 28.6 Å². The Kier molecular flexibility index (Phi) is 4.06. The smallest absolute Gasteiger partial charge is 0.157 e. The Balaban J connectivity index is 1.98. The average molecular weight is 304 g/mol. The number of aliphatic hydroxyl groups excluding tert-OH is 1. The zero-order valence-electron chi connectivity index (χ0n) is 14.6. The van der Waals surface area contributed by atoms with Crippen LogP contribution < -0.4 is 0 Å². The van der Waals surface area contributed by atoms with Gasteiger partial charge in [0, 0.05) is 5.41 Å². The third-order valence-electron chi connectivity index (χ3n) is 7.22. The van der Waals surface area contributed by atoms with Gasteiger partial charge in [0.2, 0.25) is 0 Å². The molecule has 124 valence electrons. The lowest BCUT2D eigenvalue weighted by Gasteiger charge is -2.58. The molecule has 0 aliphatic heterocycles. The SMILES string of the molecule is CC(C)C1=CC2=CC[C@@H]3[C@](C)(CCC[C@@]3(C)C(O)O)[C@H]2CC1. The van der Waals surface area contributed by atoms with Crippen LogP contribution in [0.1, 0.15) is 66.2 Å². The maximum absolute atomic E-state index is 10.0. The van der Waals surface area contributed by atoms with Crippen LogP contribution in [0.3, 0.4) is 0 Å². The fraction of sp³-hybridized carbons (Fsp3) is 0.800. The van der Waals surface area contributed by atoms with Crippen LogP contribution in [0.15, 0.2) is 23.3 Å². The third kappa shape index (κ3) is 2.30. The van der Waals surface area contributed by atoms with Crippen LogP contribution in [0.4, 0.5) is 0 Å². The van der Waals surface area contributed by atoms with Gasteiger partial charge in [0.1, 0.15) is 0 Å². The Bertz CT molecular complexity index is 502. The van der Waals surface area contributed by atoms with Crippen LogP contribution in [0.2, 0.25) is 0 Å². The number of aliphatic hydroxyl groups is 2. The summed E-state index contributed by atoms with van der Waals surface area (Å²) in [5, 5.41) is 20.0. The number of rotatable bonds is 2. The van der Waals surface area contributed by atoms with Crippen LogP contribution >= 0.6 is 0 Å². The molecule has 2 nitrogen and oxygen atoms in total. The van der Waals surface area contributed by atoms with Crippen LogP contribution in [0.25, 0.3) is 0 Å². The lowest BCUT2D eigenvalue weighted by Crippen LogP contribution is -2.54. The van der Waals surface area contributed by atoms with Gasteiger partial charge >= 0.3 is 0 Å². The van der Waals surface area contributed by atoms with Crippen molar-refractivity contribution < 1.29 is 10.2 Å². The Morgan fingerprint density at radius 1 is 1.18 bits per heavy atom. The first kappa shape index (κ1) is 16.3. The molecule has 0 saturated heterocycles. The molecule has 22 heavy (non-hydrogen) atoms. The number of fused-ring (bicyclic) bond motifs is 3. The van der Waals surface area contributed by atoms with Crippen molar-refractivity contribution in [2.45, 2.75) is 72.5 Å². The van der Waals surface area contributed by atoms with Gasteiger partial charge in [-0.25, -0.2) is 0 Å². The first-order chi connectivity index (χ1) is 10.3. The summed E-state index contributed by atoms with van der Waals surface area (Å²) < 4.78 is 0. The normalized spacial score (nSPS) is 41.8. The van der Waals surface area contributed by atoms with Gasteiger partial charge in [-0.2, -0.15) is 0 Å². The summed E-state index contributed by atoms with van der Waals surface area (Å²) in [5.41, 5.74) is 2.99. The predicted octanol–water partition coefficient (Wildman–Crippen LogP) is 4.43. The molecule has 0 aromatic rings. The average Bonchev–Trinajstić information content (AvgIpc) is 2.46. The van der Waals surface area contributed by atoms with Crippen LogP contribution in [0, 0.1) is 28.6 Å². The first-order valence-corrected chi connectivity index (χ1v) is 9.05. The lowest BCUT2D eigenvalue weighted by molar-refractivity contribution is -0.196. The van der Waals surface area contributed by atoms with E-state index in [9.17, 15) is 10.2 Å². The second-order valence-electron chi connectivity index (χ2n) is 8.70. The molecule has 0 radical (unpaired) electrons. The molecule has 3 aliphatic carbocycles. The van der Waals surface area contributed by atoms with Gasteiger partial charge in [0.15, 0.2) is 6.29 Å². The van der Waals surface area contributed by atoms with E-state index in [1.807, 2.05) is 0 Å². The summed E-state index contributed by atoms with van der Waals surface area (Å²) in [6.07, 6.45) is 10.4. The van der Waals surface area contributed by atoms with Crippen LogP contribution in [-0.2, 0) is 0 Å². The quantitative estimate of drug-likeness (QED) is 0.741. The zero-order chi connectivity index (χ0) is 16.1. The highest BCUT2D eigenvalue weighted by Crippen LogP contribution is 2.62. The van der Waals surface area contributed by atoms with E-state index in [1.165, 1.54) is 24.8 Å². The van der Waals surface area contributed by atoms with Crippen molar-refractivity contribution in [3.05, 3.63) is 23.3 Å². The molecule has 2 N–H and O–H groups in total. The maximum atomic E-state index is 10.0. The van der Waals surface area contributed by atoms with E-state index < -0.39 is 6.29 Å². The van der Waals surface area contributed by atoms with E-state index >= 15 is 0 Å². The van der Waals surface area contributed by atoms with Crippen molar-refractivity contribution in [1.82, 2.24) is 0 Å². The van der Waals surface area contributed by atoms with Crippen molar-refractivity contribution in [1.29, 1.82) is 0 Å². The van der Waals surface area contributed by atoms with Gasteiger partial charge in [0.25, 0.3) is 0 Å². The van der Waals surface area contributed by atoms with Gasteiger partial charge < -0.3 is 10.2 Å². The molecule has 0 unspecified atom stereocenters. The molecule has 0 heterocycles. The summed E-state index contributed by atoms with van der Waals surface area (Å²) in [6, 6.07) is 0. The Labute approximate surface area is 135 Å². The van der Waals surface area contributed by atoms with E-state index in [4.69, 9.17) is 0 Å². The summed E-state index contributed by atoms with van der Waals surface area (Å²) >= 11 is 0. The molecule has 1 fully saturated rings. The third-order valence-corrected chi connectivity index (χ3v) is 7.22. The highest BCUT2D eigenvalue weighted by atomic mass is 16.5. The Morgan fingerprint density at radius 3 is 2.55 bits per heavy atom. The van der Waals surface area contributed by atoms with Crippen molar-refractivity contribution >= 4 is 0 Å². The molecular weight excluding hydrogens is 272 g/mol.